The summed E-state index contributed by atoms with van der Waals surface area (Å²) in [5.41, 5.74) is 3.28. The summed E-state index contributed by atoms with van der Waals surface area (Å²) in [6.07, 6.45) is 6.04. The number of hydrogen-bond donors (Lipinski definition) is 1. The average Bonchev–Trinajstić information content (AvgIpc) is 3.24. The minimum atomic E-state index is -0.156. The van der Waals surface area contributed by atoms with E-state index >= 15 is 0 Å². The topological polar surface area (TPSA) is 73.0 Å². The normalized spacial score (nSPS) is 12.1. The first-order chi connectivity index (χ1) is 11.6. The van der Waals surface area contributed by atoms with Crippen LogP contribution in [-0.4, -0.2) is 20.6 Å². The van der Waals surface area contributed by atoms with E-state index in [0.29, 0.717) is 23.4 Å². The molecule has 0 aliphatic heterocycles. The fraction of sp³-hybridized carbons (Fsp3) is 0.278. The first-order valence-corrected chi connectivity index (χ1v) is 7.94. The van der Waals surface area contributed by atoms with Gasteiger partial charge in [-0.2, -0.15) is 0 Å². The maximum absolute atomic E-state index is 12.5. The summed E-state index contributed by atoms with van der Waals surface area (Å²) in [7, 11) is 0. The molecule has 0 aliphatic carbocycles. The van der Waals surface area contributed by atoms with Gasteiger partial charge in [-0.1, -0.05) is 24.2 Å². The van der Waals surface area contributed by atoms with Gasteiger partial charge in [0.1, 0.15) is 11.3 Å². The number of nitrogens with one attached hydrogen (secondary N) is 1. The second-order valence-electron chi connectivity index (χ2n) is 5.67. The maximum Gasteiger partial charge on any atom is 0.257 e. The third-order valence-electron chi connectivity index (χ3n) is 4.04. The van der Waals surface area contributed by atoms with Gasteiger partial charge in [-0.15, -0.1) is 0 Å². The number of hydrogen-bond acceptors (Lipinski definition) is 4. The molecule has 1 aromatic carbocycles. The molecular weight excluding hydrogens is 304 g/mol. The number of rotatable bonds is 5. The predicted molar refractivity (Wildman–Crippen MR) is 90.1 cm³/mol. The molecule has 2 heterocycles. The molecule has 0 saturated carbocycles. The van der Waals surface area contributed by atoms with E-state index in [1.54, 1.807) is 19.4 Å². The second-order valence-corrected chi connectivity index (χ2v) is 5.67. The average molecular weight is 324 g/mol. The molecule has 124 valence electrons. The van der Waals surface area contributed by atoms with Crippen LogP contribution in [0.25, 0.3) is 5.69 Å². The summed E-state index contributed by atoms with van der Waals surface area (Å²) in [4.78, 5) is 16.6. The van der Waals surface area contributed by atoms with Crippen LogP contribution in [0.2, 0.25) is 0 Å². The van der Waals surface area contributed by atoms with E-state index < -0.39 is 0 Å². The number of carbonyl (C=O) groups excluding carboxylic acids is 1. The largest absolute Gasteiger partial charge is 0.361 e. The number of nitrogens with zero attached hydrogens (tertiary/aromatic N) is 3. The molecule has 1 unspecified atom stereocenters. The Kier molecular flexibility index (Phi) is 4.46. The van der Waals surface area contributed by atoms with Crippen LogP contribution in [0, 0.1) is 6.92 Å². The Balaban J connectivity index is 1.73. The molecule has 0 saturated heterocycles. The Hall–Kier alpha value is -2.89. The maximum atomic E-state index is 12.5. The van der Waals surface area contributed by atoms with Crippen molar-refractivity contribution in [2.45, 2.75) is 33.2 Å². The standard InChI is InChI=1S/C18H20N4O2/c1-4-16-17(13(3)24-21-16)18(23)20-12(2)14-5-7-15(8-6-14)22-10-9-19-11-22/h5-12H,4H2,1-3H3,(H,20,23). The Labute approximate surface area is 140 Å². The fourth-order valence-electron chi connectivity index (χ4n) is 2.65. The van der Waals surface area contributed by atoms with Crippen molar-refractivity contribution in [3.63, 3.8) is 0 Å². The third-order valence-corrected chi connectivity index (χ3v) is 4.04. The zero-order valence-electron chi connectivity index (χ0n) is 14.0. The molecule has 1 N–H and O–H groups in total. The van der Waals surface area contributed by atoms with Crippen molar-refractivity contribution >= 4 is 5.91 Å². The molecule has 2 aromatic heterocycles. The Morgan fingerprint density at radius 1 is 1.33 bits per heavy atom. The van der Waals surface area contributed by atoms with E-state index in [1.165, 1.54) is 0 Å². The first-order valence-electron chi connectivity index (χ1n) is 7.94. The van der Waals surface area contributed by atoms with Gasteiger partial charge >= 0.3 is 0 Å². The predicted octanol–water partition coefficient (Wildman–Crippen LogP) is 3.22. The molecule has 3 aromatic rings. The van der Waals surface area contributed by atoms with Gasteiger partial charge in [0, 0.05) is 18.1 Å². The van der Waals surface area contributed by atoms with Crippen LogP contribution in [0.3, 0.4) is 0 Å². The minimum absolute atomic E-state index is 0.117. The van der Waals surface area contributed by atoms with E-state index in [-0.39, 0.29) is 11.9 Å². The molecule has 1 amide bonds. The number of imidazole rings is 1. The summed E-state index contributed by atoms with van der Waals surface area (Å²) in [6, 6.07) is 7.89. The number of aryl methyl sites for hydroxylation is 2. The summed E-state index contributed by atoms with van der Waals surface area (Å²) in [5, 5.41) is 6.94. The van der Waals surface area contributed by atoms with Crippen LogP contribution >= 0.6 is 0 Å². The lowest BCUT2D eigenvalue weighted by atomic mass is 10.1. The molecule has 0 bridgehead atoms. The van der Waals surface area contributed by atoms with Gasteiger partial charge in [-0.25, -0.2) is 4.98 Å². The van der Waals surface area contributed by atoms with Crippen LogP contribution in [0.1, 0.15) is 47.3 Å². The van der Waals surface area contributed by atoms with E-state index in [1.807, 2.05) is 48.9 Å². The van der Waals surface area contributed by atoms with Crippen LogP contribution < -0.4 is 5.32 Å². The molecule has 0 fully saturated rings. The molecule has 6 nitrogen and oxygen atoms in total. The lowest BCUT2D eigenvalue weighted by molar-refractivity contribution is 0.0937. The minimum Gasteiger partial charge on any atom is -0.361 e. The zero-order chi connectivity index (χ0) is 17.1. The molecular formula is C18H20N4O2. The molecule has 6 heteroatoms. The molecule has 0 radical (unpaired) electrons. The smallest absolute Gasteiger partial charge is 0.257 e. The fourth-order valence-corrected chi connectivity index (χ4v) is 2.65. The molecule has 1 atom stereocenters. The summed E-state index contributed by atoms with van der Waals surface area (Å²) in [6.45, 7) is 5.66. The van der Waals surface area contributed by atoms with Gasteiger partial charge in [0.2, 0.25) is 0 Å². The van der Waals surface area contributed by atoms with Crippen molar-refractivity contribution in [1.82, 2.24) is 20.0 Å². The highest BCUT2D eigenvalue weighted by Gasteiger charge is 2.20. The van der Waals surface area contributed by atoms with Crippen molar-refractivity contribution in [3.05, 3.63) is 65.6 Å². The van der Waals surface area contributed by atoms with Gasteiger partial charge < -0.3 is 14.4 Å². The Morgan fingerprint density at radius 3 is 2.71 bits per heavy atom. The molecule has 0 spiro atoms. The molecule has 0 aliphatic rings. The van der Waals surface area contributed by atoms with Crippen molar-refractivity contribution in [1.29, 1.82) is 0 Å². The highest BCUT2D eigenvalue weighted by molar-refractivity contribution is 5.96. The lowest BCUT2D eigenvalue weighted by Gasteiger charge is -2.15. The number of carbonyl (C=O) groups is 1. The SMILES string of the molecule is CCc1noc(C)c1C(=O)NC(C)c1ccc(-n2ccnc2)cc1. The highest BCUT2D eigenvalue weighted by Crippen LogP contribution is 2.19. The zero-order valence-corrected chi connectivity index (χ0v) is 14.0. The monoisotopic (exact) mass is 324 g/mol. The number of amides is 1. The van der Waals surface area contributed by atoms with Gasteiger partial charge in [-0.3, -0.25) is 4.79 Å². The Morgan fingerprint density at radius 2 is 2.08 bits per heavy atom. The van der Waals surface area contributed by atoms with Crippen molar-refractivity contribution < 1.29 is 9.32 Å². The number of aromatic nitrogens is 3. The quantitative estimate of drug-likeness (QED) is 0.782. The van der Waals surface area contributed by atoms with Crippen molar-refractivity contribution in [3.8, 4) is 5.69 Å². The van der Waals surface area contributed by atoms with E-state index in [4.69, 9.17) is 4.52 Å². The second kappa shape index (κ2) is 6.70. The van der Waals surface area contributed by atoms with Crippen molar-refractivity contribution in [2.24, 2.45) is 0 Å². The highest BCUT2D eigenvalue weighted by atomic mass is 16.5. The van der Waals surface area contributed by atoms with Gasteiger partial charge in [0.25, 0.3) is 5.91 Å². The van der Waals surface area contributed by atoms with Gasteiger partial charge in [-0.05, 0) is 38.0 Å². The van der Waals surface area contributed by atoms with Gasteiger partial charge in [0.15, 0.2) is 0 Å². The van der Waals surface area contributed by atoms with Gasteiger partial charge in [0.05, 0.1) is 18.1 Å². The van der Waals surface area contributed by atoms with E-state index in [9.17, 15) is 4.79 Å². The summed E-state index contributed by atoms with van der Waals surface area (Å²) >= 11 is 0. The van der Waals surface area contributed by atoms with E-state index in [0.717, 1.165) is 11.3 Å². The number of benzene rings is 1. The van der Waals surface area contributed by atoms with Crippen LogP contribution in [0.4, 0.5) is 0 Å². The first kappa shape index (κ1) is 16.0. The summed E-state index contributed by atoms with van der Waals surface area (Å²) in [5.74, 6) is 0.392. The van der Waals surface area contributed by atoms with Crippen LogP contribution in [0.5, 0.6) is 0 Å². The lowest BCUT2D eigenvalue weighted by Crippen LogP contribution is -2.27. The molecule has 3 rings (SSSR count). The van der Waals surface area contributed by atoms with Crippen LogP contribution in [-0.2, 0) is 6.42 Å². The molecule has 24 heavy (non-hydrogen) atoms. The van der Waals surface area contributed by atoms with Crippen molar-refractivity contribution in [2.75, 3.05) is 0 Å². The van der Waals surface area contributed by atoms with Crippen LogP contribution in [0.15, 0.2) is 47.5 Å². The van der Waals surface area contributed by atoms with E-state index in [2.05, 4.69) is 15.5 Å². The Bertz CT molecular complexity index is 819. The third kappa shape index (κ3) is 3.08. The summed E-state index contributed by atoms with van der Waals surface area (Å²) < 4.78 is 7.06.